The van der Waals surface area contributed by atoms with Crippen LogP contribution in [0, 0.1) is 0 Å². The molecule has 0 bridgehead atoms. The molecule has 0 aromatic heterocycles. The number of benzene rings is 1. The number of nitrogens with zero attached hydrogens (tertiary/aromatic N) is 1. The maximum Gasteiger partial charge on any atom is 0.230 e. The van der Waals surface area contributed by atoms with E-state index in [1.165, 1.54) is 11.1 Å². The van der Waals surface area contributed by atoms with E-state index in [2.05, 4.69) is 6.07 Å². The minimum absolute atomic E-state index is 0.0347. The Morgan fingerprint density at radius 3 is 2.83 bits per heavy atom. The van der Waals surface area contributed by atoms with Crippen LogP contribution in [0.4, 0.5) is 0 Å². The van der Waals surface area contributed by atoms with E-state index in [1.54, 1.807) is 0 Å². The highest BCUT2D eigenvalue weighted by atomic mass is 32.1. The number of carbonyl (C=O) groups is 1. The molecule has 4 heteroatoms. The molecule has 0 fully saturated rings. The van der Waals surface area contributed by atoms with Crippen molar-refractivity contribution >= 4 is 23.1 Å². The maximum atomic E-state index is 12.4. The van der Waals surface area contributed by atoms with Gasteiger partial charge >= 0.3 is 0 Å². The lowest BCUT2D eigenvalue weighted by Crippen LogP contribution is -2.40. The predicted octanol–water partition coefficient (Wildman–Crippen LogP) is 1.85. The van der Waals surface area contributed by atoms with Crippen molar-refractivity contribution in [1.29, 1.82) is 0 Å². The van der Waals surface area contributed by atoms with Gasteiger partial charge in [-0.25, -0.2) is 0 Å². The van der Waals surface area contributed by atoms with Gasteiger partial charge in [0.05, 0.1) is 10.9 Å². The zero-order chi connectivity index (χ0) is 13.1. The first-order valence-electron chi connectivity index (χ1n) is 6.28. The minimum Gasteiger partial charge on any atom is -0.393 e. The summed E-state index contributed by atoms with van der Waals surface area (Å²) in [4.78, 5) is 14.7. The lowest BCUT2D eigenvalue weighted by molar-refractivity contribution is -0.133. The van der Waals surface area contributed by atoms with Crippen molar-refractivity contribution in [2.75, 3.05) is 13.1 Å². The zero-order valence-corrected chi connectivity index (χ0v) is 11.4. The molecule has 0 saturated heterocycles. The number of hydrogen-bond donors (Lipinski definition) is 1. The van der Waals surface area contributed by atoms with Crippen LogP contribution in [-0.4, -0.2) is 28.9 Å². The molecule has 1 aromatic carbocycles. The summed E-state index contributed by atoms with van der Waals surface area (Å²) in [6.07, 6.45) is 1.46. The smallest absolute Gasteiger partial charge is 0.230 e. The number of likely N-dealkylation sites (N-methyl/N-ethyl adjacent to an activating group) is 1. The van der Waals surface area contributed by atoms with E-state index in [0.717, 1.165) is 6.42 Å². The van der Waals surface area contributed by atoms with Crippen LogP contribution in [0.15, 0.2) is 24.3 Å². The SMILES string of the molecule is CCN(CCC(N)=S)C(=O)C1Cc2ccccc21. The highest BCUT2D eigenvalue weighted by Crippen LogP contribution is 2.36. The van der Waals surface area contributed by atoms with Gasteiger partial charge < -0.3 is 10.6 Å². The second kappa shape index (κ2) is 5.48. The first-order valence-corrected chi connectivity index (χ1v) is 6.69. The molecule has 1 aliphatic rings. The largest absolute Gasteiger partial charge is 0.393 e. The summed E-state index contributed by atoms with van der Waals surface area (Å²) in [7, 11) is 0. The van der Waals surface area contributed by atoms with Gasteiger partial charge in [-0.05, 0) is 24.5 Å². The Balaban J connectivity index is 2.01. The summed E-state index contributed by atoms with van der Waals surface area (Å²) in [5.41, 5.74) is 7.96. The second-order valence-electron chi connectivity index (χ2n) is 4.59. The topological polar surface area (TPSA) is 46.3 Å². The quantitative estimate of drug-likeness (QED) is 0.824. The maximum absolute atomic E-state index is 12.4. The average molecular weight is 262 g/mol. The van der Waals surface area contributed by atoms with E-state index in [4.69, 9.17) is 18.0 Å². The molecular weight excluding hydrogens is 244 g/mol. The van der Waals surface area contributed by atoms with E-state index < -0.39 is 0 Å². The standard InChI is InChI=1S/C14H18N2OS/c1-2-16(8-7-13(15)18)14(17)12-9-10-5-3-4-6-11(10)12/h3-6,12H,2,7-9H2,1H3,(H2,15,18). The van der Waals surface area contributed by atoms with Crippen molar-refractivity contribution in [3.8, 4) is 0 Å². The van der Waals surface area contributed by atoms with E-state index in [0.29, 0.717) is 24.5 Å². The van der Waals surface area contributed by atoms with Crippen molar-refractivity contribution < 1.29 is 4.79 Å². The van der Waals surface area contributed by atoms with Crippen molar-refractivity contribution in [2.45, 2.75) is 25.7 Å². The number of hydrogen-bond acceptors (Lipinski definition) is 2. The van der Waals surface area contributed by atoms with Gasteiger partial charge in [-0.2, -0.15) is 0 Å². The summed E-state index contributed by atoms with van der Waals surface area (Å²) in [6, 6.07) is 8.14. The molecule has 0 spiro atoms. The number of amides is 1. The van der Waals surface area contributed by atoms with Crippen LogP contribution in [0.3, 0.4) is 0 Å². The molecule has 1 aromatic rings. The van der Waals surface area contributed by atoms with Crippen LogP contribution in [0.2, 0.25) is 0 Å². The summed E-state index contributed by atoms with van der Waals surface area (Å²) < 4.78 is 0. The third-order valence-electron chi connectivity index (χ3n) is 3.47. The Kier molecular flexibility index (Phi) is 3.97. The molecule has 18 heavy (non-hydrogen) atoms. The molecule has 0 aliphatic heterocycles. The van der Waals surface area contributed by atoms with Crippen LogP contribution in [0.25, 0.3) is 0 Å². The van der Waals surface area contributed by atoms with Gasteiger partial charge in [0.2, 0.25) is 5.91 Å². The van der Waals surface area contributed by atoms with E-state index >= 15 is 0 Å². The molecule has 1 aliphatic carbocycles. The van der Waals surface area contributed by atoms with E-state index in [9.17, 15) is 4.79 Å². The summed E-state index contributed by atoms with van der Waals surface area (Å²) in [5.74, 6) is 0.236. The third-order valence-corrected chi connectivity index (χ3v) is 3.68. The van der Waals surface area contributed by atoms with Crippen molar-refractivity contribution in [3.63, 3.8) is 0 Å². The number of carbonyl (C=O) groups excluding carboxylic acids is 1. The summed E-state index contributed by atoms with van der Waals surface area (Å²) in [5, 5.41) is 0. The molecule has 0 radical (unpaired) electrons. The van der Waals surface area contributed by atoms with Crippen LogP contribution in [0.1, 0.15) is 30.4 Å². The first kappa shape index (κ1) is 13.0. The van der Waals surface area contributed by atoms with Crippen LogP contribution >= 0.6 is 12.2 Å². The van der Waals surface area contributed by atoms with E-state index in [-0.39, 0.29) is 11.8 Å². The molecule has 0 heterocycles. The molecule has 0 saturated carbocycles. The molecule has 3 nitrogen and oxygen atoms in total. The van der Waals surface area contributed by atoms with Gasteiger partial charge in [-0.3, -0.25) is 4.79 Å². The summed E-state index contributed by atoms with van der Waals surface area (Å²) >= 11 is 4.86. The van der Waals surface area contributed by atoms with E-state index in [1.807, 2.05) is 30.0 Å². The van der Waals surface area contributed by atoms with Gasteiger partial charge in [0, 0.05) is 19.5 Å². The molecule has 2 rings (SSSR count). The highest BCUT2D eigenvalue weighted by Gasteiger charge is 2.33. The number of nitrogens with two attached hydrogens (primary N) is 1. The Labute approximate surface area is 113 Å². The molecule has 1 amide bonds. The average Bonchev–Trinajstić information content (AvgIpc) is 2.31. The zero-order valence-electron chi connectivity index (χ0n) is 10.6. The number of thiocarbonyl (C=S) groups is 1. The van der Waals surface area contributed by atoms with Crippen LogP contribution in [-0.2, 0) is 11.2 Å². The lowest BCUT2D eigenvalue weighted by atomic mass is 9.77. The Bertz CT molecular complexity index is 473. The number of fused-ring (bicyclic) bond motifs is 1. The van der Waals surface area contributed by atoms with Gasteiger partial charge in [-0.15, -0.1) is 0 Å². The predicted molar refractivity (Wildman–Crippen MR) is 76.5 cm³/mol. The molecule has 1 atom stereocenters. The highest BCUT2D eigenvalue weighted by molar-refractivity contribution is 7.80. The fraction of sp³-hybridized carbons (Fsp3) is 0.429. The molecule has 96 valence electrons. The second-order valence-corrected chi connectivity index (χ2v) is 5.11. The monoisotopic (exact) mass is 262 g/mol. The van der Waals surface area contributed by atoms with Crippen molar-refractivity contribution in [3.05, 3.63) is 35.4 Å². The first-order chi connectivity index (χ1) is 8.63. The summed E-state index contributed by atoms with van der Waals surface area (Å²) in [6.45, 7) is 3.32. The Hall–Kier alpha value is -1.42. The fourth-order valence-electron chi connectivity index (χ4n) is 2.37. The third kappa shape index (κ3) is 2.53. The Morgan fingerprint density at radius 2 is 2.22 bits per heavy atom. The van der Waals surface area contributed by atoms with Gasteiger partial charge in [0.25, 0.3) is 0 Å². The van der Waals surface area contributed by atoms with Crippen LogP contribution < -0.4 is 5.73 Å². The Morgan fingerprint density at radius 1 is 1.50 bits per heavy atom. The fourth-order valence-corrected chi connectivity index (χ4v) is 2.46. The minimum atomic E-state index is 0.0347. The normalized spacial score (nSPS) is 16.6. The van der Waals surface area contributed by atoms with Gasteiger partial charge in [-0.1, -0.05) is 36.5 Å². The molecule has 1 unspecified atom stereocenters. The molecule has 2 N–H and O–H groups in total. The van der Waals surface area contributed by atoms with Gasteiger partial charge in [0.15, 0.2) is 0 Å². The molecular formula is C14H18N2OS. The van der Waals surface area contributed by atoms with Crippen molar-refractivity contribution in [2.24, 2.45) is 5.73 Å². The van der Waals surface area contributed by atoms with Crippen molar-refractivity contribution in [1.82, 2.24) is 4.90 Å². The number of rotatable bonds is 5. The lowest BCUT2D eigenvalue weighted by Gasteiger charge is -2.33. The van der Waals surface area contributed by atoms with Gasteiger partial charge in [0.1, 0.15) is 0 Å². The van der Waals surface area contributed by atoms with Crippen LogP contribution in [0.5, 0.6) is 0 Å².